The molecule has 0 saturated carbocycles. The Balaban J connectivity index is 2.76. The molecule has 1 N–H and O–H groups in total. The quantitative estimate of drug-likeness (QED) is 0.889. The molecule has 0 unspecified atom stereocenters. The van der Waals surface area contributed by atoms with Crippen LogP contribution in [-0.4, -0.2) is 12.1 Å². The van der Waals surface area contributed by atoms with Crippen molar-refractivity contribution in [1.29, 1.82) is 0 Å². The van der Waals surface area contributed by atoms with Crippen LogP contribution in [0.4, 0.5) is 0 Å². The van der Waals surface area contributed by atoms with Gasteiger partial charge in [-0.1, -0.05) is 17.4 Å². The number of aromatic nitrogens is 1. The monoisotopic (exact) mass is 249 g/mol. The number of hydrogen-bond donors (Lipinski definition) is 1. The molecule has 2 aromatic rings. The highest BCUT2D eigenvalue weighted by Gasteiger charge is 2.15. The average molecular weight is 249 g/mol. The lowest BCUT2D eigenvalue weighted by atomic mass is 9.97. The van der Waals surface area contributed by atoms with Crippen LogP contribution >= 0.6 is 11.3 Å². The molecular weight excluding hydrogens is 234 g/mol. The number of aryl methyl sites for hydroxylation is 2. The molecule has 3 nitrogen and oxygen atoms in total. The lowest BCUT2D eigenvalue weighted by Gasteiger charge is -2.15. The van der Waals surface area contributed by atoms with Gasteiger partial charge in [-0.25, -0.2) is 0 Å². The van der Waals surface area contributed by atoms with Crippen molar-refractivity contribution < 1.29 is 4.74 Å². The number of hydrogen-bond acceptors (Lipinski definition) is 3. The van der Waals surface area contributed by atoms with Crippen molar-refractivity contribution in [2.45, 2.75) is 20.8 Å². The Hall–Kier alpha value is -1.55. The summed E-state index contributed by atoms with van der Waals surface area (Å²) in [4.78, 5) is 14.0. The largest absolute Gasteiger partial charge is 0.496 e. The standard InChI is InChI=1S/C13H15NO2S/c1-7-5-8(2)11(12(16-4)9(7)3)10-6-17-13(15)14-10/h5-6H,1-4H3,(H,14,15). The zero-order valence-corrected chi connectivity index (χ0v) is 11.2. The van der Waals surface area contributed by atoms with E-state index in [1.54, 1.807) is 7.11 Å². The van der Waals surface area contributed by atoms with Crippen LogP contribution in [0.3, 0.4) is 0 Å². The van der Waals surface area contributed by atoms with Crippen molar-refractivity contribution in [3.8, 4) is 17.0 Å². The molecule has 0 aliphatic heterocycles. The van der Waals surface area contributed by atoms with Crippen molar-refractivity contribution in [2.24, 2.45) is 0 Å². The van der Waals surface area contributed by atoms with Gasteiger partial charge in [0.25, 0.3) is 0 Å². The van der Waals surface area contributed by atoms with Gasteiger partial charge in [0.1, 0.15) is 5.75 Å². The summed E-state index contributed by atoms with van der Waals surface area (Å²) in [6, 6.07) is 2.11. The minimum absolute atomic E-state index is 0.0420. The molecule has 1 aromatic carbocycles. The zero-order valence-electron chi connectivity index (χ0n) is 10.4. The Morgan fingerprint density at radius 3 is 2.47 bits per heavy atom. The number of methoxy groups -OCH3 is 1. The highest BCUT2D eigenvalue weighted by Crippen LogP contribution is 2.36. The number of rotatable bonds is 2. The third-order valence-electron chi connectivity index (χ3n) is 2.98. The van der Waals surface area contributed by atoms with Crippen LogP contribution in [0.5, 0.6) is 5.75 Å². The second-order valence-corrected chi connectivity index (χ2v) is 4.95. The Labute approximate surface area is 104 Å². The molecule has 0 bridgehead atoms. The van der Waals surface area contributed by atoms with Crippen molar-refractivity contribution in [1.82, 2.24) is 4.98 Å². The Morgan fingerprint density at radius 2 is 1.94 bits per heavy atom. The molecule has 0 aliphatic carbocycles. The molecule has 0 fully saturated rings. The maximum absolute atomic E-state index is 11.2. The average Bonchev–Trinajstić information content (AvgIpc) is 2.69. The van der Waals surface area contributed by atoms with Gasteiger partial charge in [0.15, 0.2) is 0 Å². The summed E-state index contributed by atoms with van der Waals surface area (Å²) in [5, 5.41) is 1.84. The molecule has 90 valence electrons. The fourth-order valence-electron chi connectivity index (χ4n) is 2.04. The highest BCUT2D eigenvalue weighted by molar-refractivity contribution is 7.07. The molecule has 0 radical (unpaired) electrons. The molecule has 4 heteroatoms. The van der Waals surface area contributed by atoms with Gasteiger partial charge in [0, 0.05) is 10.9 Å². The van der Waals surface area contributed by atoms with Gasteiger partial charge >= 0.3 is 4.87 Å². The van der Waals surface area contributed by atoms with Crippen molar-refractivity contribution in [2.75, 3.05) is 7.11 Å². The number of H-pyrrole nitrogens is 1. The van der Waals surface area contributed by atoms with Crippen LogP contribution < -0.4 is 9.61 Å². The minimum Gasteiger partial charge on any atom is -0.496 e. The van der Waals surface area contributed by atoms with Gasteiger partial charge in [-0.2, -0.15) is 0 Å². The fourth-order valence-corrected chi connectivity index (χ4v) is 2.61. The number of aromatic amines is 1. The smallest absolute Gasteiger partial charge is 0.304 e. The van der Waals surface area contributed by atoms with Gasteiger partial charge in [0.05, 0.1) is 12.8 Å². The van der Waals surface area contributed by atoms with E-state index in [4.69, 9.17) is 4.74 Å². The molecule has 0 spiro atoms. The normalized spacial score (nSPS) is 10.6. The summed E-state index contributed by atoms with van der Waals surface area (Å²) in [6.07, 6.45) is 0. The van der Waals surface area contributed by atoms with Gasteiger partial charge in [0.2, 0.25) is 0 Å². The van der Waals surface area contributed by atoms with Crippen molar-refractivity contribution >= 4 is 11.3 Å². The van der Waals surface area contributed by atoms with Gasteiger partial charge in [-0.3, -0.25) is 4.79 Å². The first-order chi connectivity index (χ1) is 8.04. The fraction of sp³-hybridized carbons (Fsp3) is 0.308. The van der Waals surface area contributed by atoms with E-state index in [2.05, 4.69) is 18.0 Å². The number of nitrogens with one attached hydrogen (secondary N) is 1. The first kappa shape index (κ1) is 11.9. The van der Waals surface area contributed by atoms with Gasteiger partial charge < -0.3 is 9.72 Å². The minimum atomic E-state index is -0.0420. The second kappa shape index (κ2) is 4.37. The summed E-state index contributed by atoms with van der Waals surface area (Å²) in [6.45, 7) is 6.12. The molecule has 17 heavy (non-hydrogen) atoms. The Bertz CT molecular complexity index is 610. The first-order valence-corrected chi connectivity index (χ1v) is 6.25. The van der Waals surface area contributed by atoms with E-state index < -0.39 is 0 Å². The summed E-state index contributed by atoms with van der Waals surface area (Å²) in [7, 11) is 1.66. The van der Waals surface area contributed by atoms with E-state index in [0.29, 0.717) is 0 Å². The Kier molecular flexibility index (Phi) is 3.07. The molecule has 1 heterocycles. The molecule has 0 saturated heterocycles. The van der Waals surface area contributed by atoms with E-state index in [-0.39, 0.29) is 4.87 Å². The lowest BCUT2D eigenvalue weighted by molar-refractivity contribution is 0.412. The predicted molar refractivity (Wildman–Crippen MR) is 71.1 cm³/mol. The molecule has 1 aromatic heterocycles. The highest BCUT2D eigenvalue weighted by atomic mass is 32.1. The van der Waals surface area contributed by atoms with E-state index >= 15 is 0 Å². The Morgan fingerprint density at radius 1 is 1.24 bits per heavy atom. The predicted octanol–water partition coefficient (Wildman–Crippen LogP) is 3.04. The maximum Gasteiger partial charge on any atom is 0.304 e. The first-order valence-electron chi connectivity index (χ1n) is 5.37. The summed E-state index contributed by atoms with van der Waals surface area (Å²) < 4.78 is 5.48. The van der Waals surface area contributed by atoms with E-state index in [0.717, 1.165) is 28.1 Å². The molecule has 0 aliphatic rings. The molecule has 0 amide bonds. The number of ether oxygens (including phenoxy) is 1. The van der Waals surface area contributed by atoms with E-state index in [1.807, 2.05) is 19.2 Å². The third-order valence-corrected chi connectivity index (χ3v) is 3.65. The third kappa shape index (κ3) is 2.00. The van der Waals surface area contributed by atoms with Crippen LogP contribution in [0.2, 0.25) is 0 Å². The van der Waals surface area contributed by atoms with Gasteiger partial charge in [-0.05, 0) is 37.5 Å². The van der Waals surface area contributed by atoms with E-state index in [9.17, 15) is 4.79 Å². The van der Waals surface area contributed by atoms with Crippen LogP contribution in [-0.2, 0) is 0 Å². The summed E-state index contributed by atoms with van der Waals surface area (Å²) in [5.74, 6) is 0.844. The van der Waals surface area contributed by atoms with Crippen LogP contribution in [0, 0.1) is 20.8 Å². The number of thiazole rings is 1. The molecule has 0 atom stereocenters. The van der Waals surface area contributed by atoms with E-state index in [1.165, 1.54) is 16.9 Å². The second-order valence-electron chi connectivity index (χ2n) is 4.11. The van der Waals surface area contributed by atoms with Crippen LogP contribution in [0.25, 0.3) is 11.3 Å². The number of benzene rings is 1. The zero-order chi connectivity index (χ0) is 12.6. The maximum atomic E-state index is 11.2. The van der Waals surface area contributed by atoms with Crippen LogP contribution in [0.1, 0.15) is 16.7 Å². The van der Waals surface area contributed by atoms with Gasteiger partial charge in [-0.15, -0.1) is 0 Å². The molecular formula is C13H15NO2S. The lowest BCUT2D eigenvalue weighted by Crippen LogP contribution is -1.99. The SMILES string of the molecule is COc1c(C)c(C)cc(C)c1-c1csc(=O)[nH]1. The molecule has 2 rings (SSSR count). The topological polar surface area (TPSA) is 42.1 Å². The van der Waals surface area contributed by atoms with Crippen molar-refractivity contribution in [3.05, 3.63) is 37.8 Å². The van der Waals surface area contributed by atoms with Crippen LogP contribution in [0.15, 0.2) is 16.2 Å². The summed E-state index contributed by atoms with van der Waals surface area (Å²) >= 11 is 1.17. The van der Waals surface area contributed by atoms with Crippen molar-refractivity contribution in [3.63, 3.8) is 0 Å². The summed E-state index contributed by atoms with van der Waals surface area (Å²) in [5.41, 5.74) is 5.23.